The molecule has 1 aliphatic rings. The molecule has 2 aromatic rings. The second-order valence-electron chi connectivity index (χ2n) is 6.34. The first-order valence-electron chi connectivity index (χ1n) is 8.67. The van der Waals surface area contributed by atoms with E-state index >= 15 is 0 Å². The zero-order valence-corrected chi connectivity index (χ0v) is 16.4. The molecule has 27 heavy (non-hydrogen) atoms. The van der Waals surface area contributed by atoms with E-state index in [0.717, 1.165) is 11.1 Å². The van der Waals surface area contributed by atoms with Crippen LogP contribution in [0.5, 0.6) is 0 Å². The lowest BCUT2D eigenvalue weighted by Gasteiger charge is -2.24. The number of hydrogen-bond acceptors (Lipinski definition) is 3. The molecule has 0 aliphatic carbocycles. The van der Waals surface area contributed by atoms with E-state index in [9.17, 15) is 14.0 Å². The van der Waals surface area contributed by atoms with Crippen LogP contribution in [-0.2, 0) is 16.1 Å². The van der Waals surface area contributed by atoms with Gasteiger partial charge in [0.1, 0.15) is 11.2 Å². The summed E-state index contributed by atoms with van der Waals surface area (Å²) in [5.41, 5.74) is 1.70. The average Bonchev–Trinajstić information content (AvgIpc) is 2.94. The molecule has 2 aromatic carbocycles. The van der Waals surface area contributed by atoms with Gasteiger partial charge in [-0.3, -0.25) is 9.59 Å². The quantitative estimate of drug-likeness (QED) is 0.784. The van der Waals surface area contributed by atoms with Crippen molar-refractivity contribution in [2.24, 2.45) is 0 Å². The van der Waals surface area contributed by atoms with Crippen LogP contribution in [0, 0.1) is 5.82 Å². The lowest BCUT2D eigenvalue weighted by atomic mass is 10.2. The Labute approximate surface area is 167 Å². The van der Waals surface area contributed by atoms with Gasteiger partial charge in [-0.1, -0.05) is 41.9 Å². The van der Waals surface area contributed by atoms with Crippen molar-refractivity contribution < 1.29 is 14.0 Å². The maximum atomic E-state index is 12.9. The number of rotatable bonds is 6. The number of carbonyl (C=O) groups excluding carboxylic acids is 2. The third-order valence-corrected chi connectivity index (χ3v) is 6.12. The molecule has 142 valence electrons. The highest BCUT2D eigenvalue weighted by atomic mass is 35.5. The molecule has 0 bridgehead atoms. The second-order valence-corrected chi connectivity index (χ2v) is 8.17. The Kier molecular flexibility index (Phi) is 6.39. The predicted molar refractivity (Wildman–Crippen MR) is 106 cm³/mol. The summed E-state index contributed by atoms with van der Waals surface area (Å²) in [4.78, 5) is 26.4. The van der Waals surface area contributed by atoms with E-state index in [-0.39, 0.29) is 34.7 Å². The molecule has 4 nitrogen and oxygen atoms in total. The van der Waals surface area contributed by atoms with Gasteiger partial charge in [-0.25, -0.2) is 4.39 Å². The van der Waals surface area contributed by atoms with Gasteiger partial charge in [-0.15, -0.1) is 11.8 Å². The minimum atomic E-state index is -0.310. The van der Waals surface area contributed by atoms with Crippen LogP contribution >= 0.6 is 23.4 Å². The monoisotopic (exact) mass is 406 g/mol. The Bertz CT molecular complexity index is 831. The molecule has 0 spiro atoms. The molecule has 1 N–H and O–H groups in total. The Morgan fingerprint density at radius 1 is 1.22 bits per heavy atom. The summed E-state index contributed by atoms with van der Waals surface area (Å²) in [6.07, 6.45) is 0.196. The van der Waals surface area contributed by atoms with Crippen molar-refractivity contribution in [2.75, 3.05) is 6.54 Å². The summed E-state index contributed by atoms with van der Waals surface area (Å²) >= 11 is 7.84. The van der Waals surface area contributed by atoms with Crippen LogP contribution in [0.1, 0.15) is 29.8 Å². The summed E-state index contributed by atoms with van der Waals surface area (Å²) in [6.45, 7) is 2.51. The molecule has 1 saturated heterocycles. The molecular formula is C20H20ClFN2O2S. The lowest BCUT2D eigenvalue weighted by Crippen LogP contribution is -2.34. The minimum Gasteiger partial charge on any atom is -0.352 e. The van der Waals surface area contributed by atoms with Gasteiger partial charge in [0, 0.05) is 30.1 Å². The maximum absolute atomic E-state index is 12.9. The van der Waals surface area contributed by atoms with Gasteiger partial charge < -0.3 is 10.2 Å². The first kappa shape index (κ1) is 19.7. The smallest absolute Gasteiger partial charge is 0.236 e. The molecule has 1 aliphatic heterocycles. The van der Waals surface area contributed by atoms with Crippen molar-refractivity contribution in [3.8, 4) is 0 Å². The zero-order valence-electron chi connectivity index (χ0n) is 14.8. The maximum Gasteiger partial charge on any atom is 0.236 e. The summed E-state index contributed by atoms with van der Waals surface area (Å²) in [6, 6.07) is 13.4. The minimum absolute atomic E-state index is 0.0104. The highest BCUT2D eigenvalue weighted by molar-refractivity contribution is 8.01. The Hall–Kier alpha value is -2.05. The van der Waals surface area contributed by atoms with Gasteiger partial charge in [-0.05, 0) is 30.7 Å². The first-order chi connectivity index (χ1) is 13.0. The number of nitrogens with one attached hydrogen (secondary N) is 1. The molecule has 1 heterocycles. The van der Waals surface area contributed by atoms with Gasteiger partial charge in [-0.2, -0.15) is 0 Å². The molecular weight excluding hydrogens is 387 g/mol. The summed E-state index contributed by atoms with van der Waals surface area (Å²) in [5, 5.41) is 3.05. The molecule has 1 fully saturated rings. The van der Waals surface area contributed by atoms with Crippen LogP contribution in [0.25, 0.3) is 0 Å². The number of benzene rings is 2. The van der Waals surface area contributed by atoms with E-state index < -0.39 is 0 Å². The van der Waals surface area contributed by atoms with Crippen molar-refractivity contribution in [1.82, 2.24) is 10.2 Å². The Balaban J connectivity index is 1.59. The molecule has 0 radical (unpaired) electrons. The molecule has 2 atom stereocenters. The van der Waals surface area contributed by atoms with E-state index in [0.29, 0.717) is 18.1 Å². The fraction of sp³-hybridized carbons (Fsp3) is 0.300. The molecule has 0 aromatic heterocycles. The summed E-state index contributed by atoms with van der Waals surface area (Å²) < 4.78 is 12.9. The largest absolute Gasteiger partial charge is 0.352 e. The van der Waals surface area contributed by atoms with Crippen molar-refractivity contribution in [1.29, 1.82) is 0 Å². The Morgan fingerprint density at radius 3 is 2.63 bits per heavy atom. The number of thioether (sulfide) groups is 1. The van der Waals surface area contributed by atoms with E-state index in [2.05, 4.69) is 5.32 Å². The van der Waals surface area contributed by atoms with Crippen LogP contribution in [0.15, 0.2) is 48.5 Å². The van der Waals surface area contributed by atoms with Gasteiger partial charge >= 0.3 is 0 Å². The summed E-state index contributed by atoms with van der Waals surface area (Å²) in [5.74, 6) is -0.458. The second kappa shape index (κ2) is 8.76. The number of hydrogen-bond donors (Lipinski definition) is 1. The molecule has 7 heteroatoms. The normalized spacial score (nSPS) is 19.4. The topological polar surface area (TPSA) is 49.4 Å². The van der Waals surface area contributed by atoms with Gasteiger partial charge in [0.05, 0.1) is 5.25 Å². The standard InChI is InChI=1S/C20H20ClFN2O2S/c1-13-19(26)24(20(27-13)16-4-2-3-5-17(16)21)11-10-18(25)23-12-14-6-8-15(22)9-7-14/h2-9,13,20H,10-12H2,1H3,(H,23,25). The SMILES string of the molecule is CC1SC(c2ccccc2Cl)N(CCC(=O)NCc2ccc(F)cc2)C1=O. The zero-order chi connectivity index (χ0) is 19.4. The molecule has 0 saturated carbocycles. The fourth-order valence-electron chi connectivity index (χ4n) is 2.93. The van der Waals surface area contributed by atoms with Crippen molar-refractivity contribution in [3.05, 3.63) is 70.5 Å². The number of carbonyl (C=O) groups is 2. The number of halogens is 2. The van der Waals surface area contributed by atoms with Gasteiger partial charge in [0.2, 0.25) is 11.8 Å². The van der Waals surface area contributed by atoms with Crippen LogP contribution in [-0.4, -0.2) is 28.5 Å². The fourth-order valence-corrected chi connectivity index (χ4v) is 4.58. The van der Waals surface area contributed by atoms with Crippen LogP contribution in [0.2, 0.25) is 5.02 Å². The third-order valence-electron chi connectivity index (χ3n) is 4.40. The van der Waals surface area contributed by atoms with Gasteiger partial charge in [0.25, 0.3) is 0 Å². The molecule has 2 unspecified atom stereocenters. The van der Waals surface area contributed by atoms with E-state index in [1.165, 1.54) is 23.9 Å². The predicted octanol–water partition coefficient (Wildman–Crippen LogP) is 4.15. The van der Waals surface area contributed by atoms with Crippen LogP contribution in [0.3, 0.4) is 0 Å². The number of nitrogens with zero attached hydrogens (tertiary/aromatic N) is 1. The highest BCUT2D eigenvalue weighted by Crippen LogP contribution is 2.44. The van der Waals surface area contributed by atoms with E-state index in [1.54, 1.807) is 23.1 Å². The molecule has 2 amide bonds. The first-order valence-corrected chi connectivity index (χ1v) is 9.99. The Morgan fingerprint density at radius 2 is 1.93 bits per heavy atom. The van der Waals surface area contributed by atoms with Gasteiger partial charge in [0.15, 0.2) is 0 Å². The van der Waals surface area contributed by atoms with Crippen molar-refractivity contribution in [2.45, 2.75) is 30.5 Å². The summed E-state index contributed by atoms with van der Waals surface area (Å²) in [7, 11) is 0. The van der Waals surface area contributed by atoms with E-state index in [1.807, 2.05) is 25.1 Å². The highest BCUT2D eigenvalue weighted by Gasteiger charge is 2.39. The van der Waals surface area contributed by atoms with Crippen molar-refractivity contribution >= 4 is 35.2 Å². The average molecular weight is 407 g/mol. The van der Waals surface area contributed by atoms with Crippen LogP contribution in [0.4, 0.5) is 4.39 Å². The lowest BCUT2D eigenvalue weighted by molar-refractivity contribution is -0.130. The molecule has 3 rings (SSSR count). The van der Waals surface area contributed by atoms with Crippen LogP contribution < -0.4 is 5.32 Å². The number of amides is 2. The third kappa shape index (κ3) is 4.82. The van der Waals surface area contributed by atoms with Crippen molar-refractivity contribution in [3.63, 3.8) is 0 Å². The van der Waals surface area contributed by atoms with E-state index in [4.69, 9.17) is 11.6 Å².